The van der Waals surface area contributed by atoms with Crippen molar-refractivity contribution in [2.75, 3.05) is 6.54 Å². The maximum atomic E-state index is 9.51. The summed E-state index contributed by atoms with van der Waals surface area (Å²) in [6.07, 6.45) is 4.68. The van der Waals surface area contributed by atoms with Crippen LogP contribution in [0.3, 0.4) is 0 Å². The van der Waals surface area contributed by atoms with Crippen LogP contribution >= 0.6 is 0 Å². The molecule has 0 atom stereocenters. The second-order valence-corrected chi connectivity index (χ2v) is 5.30. The van der Waals surface area contributed by atoms with E-state index >= 15 is 0 Å². The predicted molar refractivity (Wildman–Crippen MR) is 74.4 cm³/mol. The smallest absolute Gasteiger partial charge is 0.115 e. The molecule has 1 aliphatic rings. The van der Waals surface area contributed by atoms with Crippen molar-refractivity contribution < 1.29 is 5.11 Å². The van der Waals surface area contributed by atoms with Crippen molar-refractivity contribution in [1.29, 1.82) is 0 Å². The van der Waals surface area contributed by atoms with Crippen LogP contribution in [0.15, 0.2) is 24.3 Å². The monoisotopic (exact) mass is 248 g/mol. The Labute approximate surface area is 110 Å². The number of nitrogens with zero attached hydrogens (tertiary/aromatic N) is 1. The lowest BCUT2D eigenvalue weighted by Gasteiger charge is -2.35. The molecule has 0 heterocycles. The molecule has 0 aromatic heterocycles. The summed E-state index contributed by atoms with van der Waals surface area (Å²) in [4.78, 5) is 2.50. The van der Waals surface area contributed by atoms with E-state index in [2.05, 4.69) is 17.9 Å². The number of aromatic hydroxyl groups is 1. The van der Waals surface area contributed by atoms with Gasteiger partial charge in [0.2, 0.25) is 0 Å². The molecule has 3 N–H and O–H groups in total. The molecule has 100 valence electrons. The van der Waals surface area contributed by atoms with Crippen LogP contribution in [0, 0.1) is 0 Å². The molecular formula is C15H24N2O. The van der Waals surface area contributed by atoms with Crippen LogP contribution in [0.1, 0.15) is 38.2 Å². The average molecular weight is 248 g/mol. The second-order valence-electron chi connectivity index (χ2n) is 5.30. The van der Waals surface area contributed by atoms with E-state index in [9.17, 15) is 5.11 Å². The predicted octanol–water partition coefficient (Wildman–Crippen LogP) is 2.48. The molecule has 0 radical (unpaired) electrons. The molecule has 18 heavy (non-hydrogen) atoms. The summed E-state index contributed by atoms with van der Waals surface area (Å²) >= 11 is 0. The van der Waals surface area contributed by atoms with Crippen LogP contribution in [0.5, 0.6) is 5.75 Å². The topological polar surface area (TPSA) is 49.5 Å². The molecule has 3 nitrogen and oxygen atoms in total. The fourth-order valence-electron chi connectivity index (χ4n) is 2.86. The Morgan fingerprint density at radius 3 is 2.61 bits per heavy atom. The van der Waals surface area contributed by atoms with E-state index in [1.807, 2.05) is 12.1 Å². The zero-order chi connectivity index (χ0) is 13.0. The molecule has 3 heteroatoms. The molecular weight excluding hydrogens is 224 g/mol. The normalized spacial score (nSPS) is 24.4. The van der Waals surface area contributed by atoms with Crippen LogP contribution in [-0.4, -0.2) is 28.6 Å². The first kappa shape index (κ1) is 13.4. The molecule has 1 aliphatic carbocycles. The Morgan fingerprint density at radius 1 is 1.28 bits per heavy atom. The lowest BCUT2D eigenvalue weighted by Crippen LogP contribution is -2.40. The van der Waals surface area contributed by atoms with Crippen molar-refractivity contribution >= 4 is 0 Å². The number of phenolic OH excluding ortho intramolecular Hbond substituents is 1. The molecule has 0 aliphatic heterocycles. The third kappa shape index (κ3) is 3.47. The van der Waals surface area contributed by atoms with E-state index < -0.39 is 0 Å². The van der Waals surface area contributed by atoms with Gasteiger partial charge in [-0.2, -0.15) is 0 Å². The Balaban J connectivity index is 1.96. The summed E-state index contributed by atoms with van der Waals surface area (Å²) in [6.45, 7) is 4.18. The fraction of sp³-hybridized carbons (Fsp3) is 0.600. The van der Waals surface area contributed by atoms with Gasteiger partial charge >= 0.3 is 0 Å². The van der Waals surface area contributed by atoms with Gasteiger partial charge in [-0.15, -0.1) is 0 Å². The minimum absolute atomic E-state index is 0.356. The van der Waals surface area contributed by atoms with Crippen LogP contribution in [-0.2, 0) is 6.54 Å². The van der Waals surface area contributed by atoms with Gasteiger partial charge in [0.15, 0.2) is 0 Å². The third-order valence-electron chi connectivity index (χ3n) is 3.96. The Bertz CT molecular complexity index is 373. The van der Waals surface area contributed by atoms with E-state index in [-0.39, 0.29) is 0 Å². The second kappa shape index (κ2) is 6.21. The Morgan fingerprint density at radius 2 is 2.00 bits per heavy atom. The highest BCUT2D eigenvalue weighted by Gasteiger charge is 2.23. The zero-order valence-electron chi connectivity index (χ0n) is 11.2. The maximum absolute atomic E-state index is 9.51. The Hall–Kier alpha value is -1.06. The minimum atomic E-state index is 0.356. The number of hydrogen-bond acceptors (Lipinski definition) is 3. The van der Waals surface area contributed by atoms with Crippen molar-refractivity contribution in [3.63, 3.8) is 0 Å². The van der Waals surface area contributed by atoms with Gasteiger partial charge < -0.3 is 10.8 Å². The third-order valence-corrected chi connectivity index (χ3v) is 3.96. The molecule has 1 fully saturated rings. The first-order chi connectivity index (χ1) is 8.69. The van der Waals surface area contributed by atoms with Gasteiger partial charge in [-0.25, -0.2) is 0 Å². The summed E-state index contributed by atoms with van der Waals surface area (Å²) in [6, 6.07) is 8.63. The highest BCUT2D eigenvalue weighted by atomic mass is 16.3. The summed E-state index contributed by atoms with van der Waals surface area (Å²) in [5, 5.41) is 9.51. The fourth-order valence-corrected chi connectivity index (χ4v) is 2.86. The van der Waals surface area contributed by atoms with Crippen molar-refractivity contribution in [2.45, 2.75) is 51.2 Å². The average Bonchev–Trinajstić information content (AvgIpc) is 2.37. The SMILES string of the molecule is CCN(Cc1cccc(O)c1)C1CCC(N)CC1. The lowest BCUT2D eigenvalue weighted by molar-refractivity contribution is 0.149. The van der Waals surface area contributed by atoms with Crippen LogP contribution in [0.25, 0.3) is 0 Å². The van der Waals surface area contributed by atoms with Crippen LogP contribution in [0.4, 0.5) is 0 Å². The number of benzene rings is 1. The van der Waals surface area contributed by atoms with Crippen molar-refractivity contribution in [1.82, 2.24) is 4.90 Å². The largest absolute Gasteiger partial charge is 0.508 e. The highest BCUT2D eigenvalue weighted by Crippen LogP contribution is 2.24. The summed E-state index contributed by atoms with van der Waals surface area (Å²) in [5.41, 5.74) is 7.15. The molecule has 1 aromatic carbocycles. The van der Waals surface area contributed by atoms with Gasteiger partial charge in [-0.1, -0.05) is 19.1 Å². The van der Waals surface area contributed by atoms with E-state index in [4.69, 9.17) is 5.73 Å². The van der Waals surface area contributed by atoms with Gasteiger partial charge in [-0.3, -0.25) is 4.90 Å². The first-order valence-corrected chi connectivity index (χ1v) is 6.96. The number of hydrogen-bond donors (Lipinski definition) is 2. The van der Waals surface area contributed by atoms with Gasteiger partial charge in [0, 0.05) is 18.6 Å². The standard InChI is InChI=1S/C15H24N2O/c1-2-17(14-8-6-13(16)7-9-14)11-12-4-3-5-15(18)10-12/h3-5,10,13-14,18H,2,6-9,11,16H2,1H3. The summed E-state index contributed by atoms with van der Waals surface area (Å²) < 4.78 is 0. The van der Waals surface area contributed by atoms with Crippen LogP contribution in [0.2, 0.25) is 0 Å². The maximum Gasteiger partial charge on any atom is 0.115 e. The van der Waals surface area contributed by atoms with Crippen molar-refractivity contribution in [3.8, 4) is 5.75 Å². The van der Waals surface area contributed by atoms with E-state index in [1.165, 1.54) is 18.4 Å². The quantitative estimate of drug-likeness (QED) is 0.860. The number of nitrogens with two attached hydrogens (primary N) is 1. The first-order valence-electron chi connectivity index (χ1n) is 6.96. The molecule has 0 saturated heterocycles. The summed E-state index contributed by atoms with van der Waals surface area (Å²) in [7, 11) is 0. The minimum Gasteiger partial charge on any atom is -0.508 e. The lowest BCUT2D eigenvalue weighted by atomic mass is 9.90. The van der Waals surface area contributed by atoms with E-state index in [1.54, 1.807) is 6.07 Å². The molecule has 2 rings (SSSR count). The number of phenols is 1. The molecule has 0 amide bonds. The molecule has 1 saturated carbocycles. The summed E-state index contributed by atoms with van der Waals surface area (Å²) in [5.74, 6) is 0.356. The molecule has 0 spiro atoms. The Kier molecular flexibility index (Phi) is 4.61. The van der Waals surface area contributed by atoms with Gasteiger partial charge in [-0.05, 0) is 49.9 Å². The van der Waals surface area contributed by atoms with E-state index in [0.29, 0.717) is 17.8 Å². The number of rotatable bonds is 4. The molecule has 0 unspecified atom stereocenters. The van der Waals surface area contributed by atoms with Crippen molar-refractivity contribution in [2.24, 2.45) is 5.73 Å². The van der Waals surface area contributed by atoms with E-state index in [0.717, 1.165) is 25.9 Å². The molecule has 0 bridgehead atoms. The zero-order valence-corrected chi connectivity index (χ0v) is 11.2. The van der Waals surface area contributed by atoms with Gasteiger partial charge in [0.1, 0.15) is 5.75 Å². The van der Waals surface area contributed by atoms with Crippen LogP contribution < -0.4 is 5.73 Å². The van der Waals surface area contributed by atoms with Gasteiger partial charge in [0.25, 0.3) is 0 Å². The molecule has 1 aromatic rings. The van der Waals surface area contributed by atoms with Gasteiger partial charge in [0.05, 0.1) is 0 Å². The highest BCUT2D eigenvalue weighted by molar-refractivity contribution is 5.27. The van der Waals surface area contributed by atoms with Crippen molar-refractivity contribution in [3.05, 3.63) is 29.8 Å².